The molecule has 13 nitrogen and oxygen atoms in total. The normalized spacial score (nSPS) is 15.6. The highest BCUT2D eigenvalue weighted by Gasteiger charge is 2.38. The molecule has 3 N–H and O–H groups in total. The number of ether oxygens (including phenoxy) is 1. The maximum absolute atomic E-state index is 13.8. The topological polar surface area (TPSA) is 124 Å². The first kappa shape index (κ1) is 58.3. The summed E-state index contributed by atoms with van der Waals surface area (Å²) in [5.41, 5.74) is 6.57. The molecule has 3 fully saturated rings. The number of nitrogens with one attached hydrogen (secondary N) is 2. The van der Waals surface area contributed by atoms with Crippen molar-refractivity contribution in [2.45, 2.75) is 57.7 Å². The van der Waals surface area contributed by atoms with Crippen LogP contribution in [0.15, 0.2) is 120 Å². The summed E-state index contributed by atoms with van der Waals surface area (Å²) in [6, 6.07) is 34.8. The summed E-state index contributed by atoms with van der Waals surface area (Å²) in [6.45, 7) is 11.2. The van der Waals surface area contributed by atoms with E-state index >= 15 is 0 Å². The number of carbonyl (C=O) groups is 3. The van der Waals surface area contributed by atoms with Crippen molar-refractivity contribution >= 4 is 105 Å². The monoisotopic (exact) mass is 1160 g/mol. The lowest BCUT2D eigenvalue weighted by molar-refractivity contribution is -0.136. The highest BCUT2D eigenvalue weighted by Crippen LogP contribution is 2.29. The zero-order valence-corrected chi connectivity index (χ0v) is 48.3. The molecule has 0 aliphatic carbocycles. The fourth-order valence-corrected chi connectivity index (χ4v) is 12.4. The van der Waals surface area contributed by atoms with Gasteiger partial charge in [0.25, 0.3) is 0 Å². The molecular weight excluding hydrogens is 1090 g/mol. The predicted molar refractivity (Wildman–Crippen MR) is 317 cm³/mol. The van der Waals surface area contributed by atoms with Gasteiger partial charge in [-0.15, -0.1) is 22.7 Å². The third-order valence-corrected chi connectivity index (χ3v) is 17.2. The molecule has 408 valence electrons. The molecule has 9 rings (SSSR count). The number of anilines is 2. The van der Waals surface area contributed by atoms with Gasteiger partial charge in [0.15, 0.2) is 0 Å². The van der Waals surface area contributed by atoms with Crippen LogP contribution in [-0.2, 0) is 53.1 Å². The Hall–Kier alpha value is -4.85. The molecule has 3 aliphatic rings. The summed E-state index contributed by atoms with van der Waals surface area (Å²) in [5.74, 6) is -0.110. The molecule has 2 atom stereocenters. The van der Waals surface area contributed by atoms with E-state index in [9.17, 15) is 19.4 Å². The average Bonchev–Trinajstić information content (AvgIpc) is 4.25. The van der Waals surface area contributed by atoms with Crippen molar-refractivity contribution in [3.63, 3.8) is 0 Å². The first-order valence-electron chi connectivity index (χ1n) is 26.2. The highest BCUT2D eigenvalue weighted by molar-refractivity contribution is 7.10. The molecule has 6 aromatic rings. The number of halogens is 4. The molecule has 0 spiro atoms. The Bertz CT molecular complexity index is 2850. The van der Waals surface area contributed by atoms with Crippen LogP contribution < -0.4 is 20.3 Å². The van der Waals surface area contributed by atoms with Crippen LogP contribution in [0.1, 0.15) is 32.0 Å². The maximum atomic E-state index is 13.8. The quantitative estimate of drug-likeness (QED) is 0.0474. The lowest BCUT2D eigenvalue weighted by Gasteiger charge is -2.39. The largest absolute Gasteiger partial charge is 0.448 e. The molecular formula is C57H67BCl4N8O5S2. The van der Waals surface area contributed by atoms with Crippen molar-refractivity contribution in [2.75, 3.05) is 95.4 Å². The molecule has 0 bridgehead atoms. The smallest absolute Gasteiger partial charge is 0.410 e. The average molecular weight is 1160 g/mol. The highest BCUT2D eigenvalue weighted by atomic mass is 35.5. The van der Waals surface area contributed by atoms with E-state index in [1.54, 1.807) is 42.4 Å². The van der Waals surface area contributed by atoms with Gasteiger partial charge in [-0.3, -0.25) is 14.5 Å². The van der Waals surface area contributed by atoms with Gasteiger partial charge in [-0.25, -0.2) is 4.79 Å². The van der Waals surface area contributed by atoms with E-state index in [4.69, 9.17) is 51.1 Å². The first-order chi connectivity index (χ1) is 37.3. The Morgan fingerprint density at radius 3 is 1.77 bits per heavy atom. The van der Waals surface area contributed by atoms with Crippen molar-refractivity contribution < 1.29 is 24.1 Å². The van der Waals surface area contributed by atoms with E-state index in [2.05, 4.69) is 116 Å². The number of para-hydroxylation sites is 2. The Labute approximate surface area is 481 Å². The molecule has 4 aromatic carbocycles. The minimum Gasteiger partial charge on any atom is -0.448 e. The Morgan fingerprint density at radius 1 is 0.675 bits per heavy atom. The third kappa shape index (κ3) is 16.6. The van der Waals surface area contributed by atoms with Crippen LogP contribution in [0, 0.1) is 0 Å². The number of rotatable bonds is 21. The molecule has 77 heavy (non-hydrogen) atoms. The molecule has 3 amide bonds. The number of hydrogen-bond donors (Lipinski definition) is 3. The van der Waals surface area contributed by atoms with Gasteiger partial charge < -0.3 is 44.8 Å². The lowest BCUT2D eigenvalue weighted by atomic mass is 9.85. The van der Waals surface area contributed by atoms with Gasteiger partial charge in [-0.05, 0) is 115 Å². The number of benzene rings is 4. The van der Waals surface area contributed by atoms with Gasteiger partial charge in [0.2, 0.25) is 11.8 Å². The molecule has 0 unspecified atom stereocenters. The number of likely N-dealkylation sites (N-methyl/N-ethyl adjacent to an activating group) is 1. The van der Waals surface area contributed by atoms with Crippen LogP contribution in [0.4, 0.5) is 16.2 Å². The zero-order chi connectivity index (χ0) is 54.3. The number of carbonyl (C=O) groups excluding carboxylic acids is 3. The fourth-order valence-electron chi connectivity index (χ4n) is 10.0. The van der Waals surface area contributed by atoms with Crippen molar-refractivity contribution in [3.8, 4) is 0 Å². The van der Waals surface area contributed by atoms with Crippen LogP contribution in [0.3, 0.4) is 0 Å². The van der Waals surface area contributed by atoms with Crippen LogP contribution in [-0.4, -0.2) is 147 Å². The van der Waals surface area contributed by atoms with E-state index in [0.717, 1.165) is 76.3 Å². The van der Waals surface area contributed by atoms with Crippen LogP contribution in [0.5, 0.6) is 0 Å². The number of thiophene rings is 2. The molecule has 3 aliphatic heterocycles. The minimum atomic E-state index is -0.819. The van der Waals surface area contributed by atoms with E-state index < -0.39 is 25.2 Å². The SMILES string of the molecule is CB(O)N[C@H](Cc1ccc(Cl)cc1Cl)C(=O)N1CCN(c2ccccc2CN(C)CCc2cccs2)CC1.O=C([C@@H](Cc1ccc(Cl)cc1Cl)N1CCOC1=O)N1CCN(c2ccccc2CNCCc2cccs2)CC1. The maximum Gasteiger partial charge on any atom is 0.410 e. The second kappa shape index (κ2) is 28.9. The summed E-state index contributed by atoms with van der Waals surface area (Å²) in [6.07, 6.45) is 2.30. The fraction of sp³-hybridized carbons (Fsp3) is 0.386. The van der Waals surface area contributed by atoms with Crippen LogP contribution in [0.25, 0.3) is 0 Å². The lowest BCUT2D eigenvalue weighted by Crippen LogP contribution is -2.57. The number of cyclic esters (lactones) is 1. The molecule has 20 heteroatoms. The summed E-state index contributed by atoms with van der Waals surface area (Å²) in [5, 5.41) is 22.9. The standard InChI is InChI=1S/C29H32Cl2N4O3S.C28H35BCl2N4O2S/c30-23-8-7-21(25(31)19-23)18-27(35-15-16-38-29(35)37)28(36)34-13-11-33(12-14-34)26-6-2-1-4-22(26)20-32-10-9-24-5-3-17-39-24;1-29(37)32-26(18-21-9-10-23(30)19-25(21)31)28(36)35-15-13-34(14-16-35)27-8-4-3-6-22(27)20-33(2)12-11-24-7-5-17-38-24/h1-8,17,19,27,32H,9-16,18,20H2;3-10,17,19,26,32,37H,11-16,18,20H2,1-2H3/t27-;26-/m11/s1. The van der Waals surface area contributed by atoms with Gasteiger partial charge in [0.1, 0.15) is 12.6 Å². The van der Waals surface area contributed by atoms with Gasteiger partial charge in [0.05, 0.1) is 12.6 Å². The second-order valence-electron chi connectivity index (χ2n) is 19.6. The van der Waals surface area contributed by atoms with Gasteiger partial charge in [0, 0.05) is 126 Å². The predicted octanol–water partition coefficient (Wildman–Crippen LogP) is 9.79. The summed E-state index contributed by atoms with van der Waals surface area (Å²) < 4.78 is 5.17. The van der Waals surface area contributed by atoms with Gasteiger partial charge in [-0.1, -0.05) is 107 Å². The molecule has 0 radical (unpaired) electrons. The van der Waals surface area contributed by atoms with Gasteiger partial charge >= 0.3 is 13.1 Å². The first-order valence-corrected chi connectivity index (χ1v) is 29.5. The van der Waals surface area contributed by atoms with E-state index in [-0.39, 0.29) is 18.4 Å². The molecule has 0 saturated carbocycles. The van der Waals surface area contributed by atoms with Crippen LogP contribution in [0.2, 0.25) is 26.9 Å². The molecule has 3 saturated heterocycles. The van der Waals surface area contributed by atoms with Crippen LogP contribution >= 0.6 is 69.1 Å². The summed E-state index contributed by atoms with van der Waals surface area (Å²) in [4.78, 5) is 54.9. The number of amides is 3. The van der Waals surface area contributed by atoms with Crippen molar-refractivity contribution in [1.29, 1.82) is 0 Å². The summed E-state index contributed by atoms with van der Waals surface area (Å²) in [7, 11) is 1.35. The van der Waals surface area contributed by atoms with Crippen molar-refractivity contribution in [3.05, 3.63) is 172 Å². The Balaban J connectivity index is 0.000000204. The van der Waals surface area contributed by atoms with E-state index in [1.165, 1.54) is 37.2 Å². The van der Waals surface area contributed by atoms with E-state index in [0.29, 0.717) is 65.7 Å². The summed E-state index contributed by atoms with van der Waals surface area (Å²) >= 11 is 28.5. The molecule has 5 heterocycles. The third-order valence-electron chi connectivity index (χ3n) is 14.1. The minimum absolute atomic E-state index is 0.0295. The van der Waals surface area contributed by atoms with Crippen molar-refractivity contribution in [2.24, 2.45) is 0 Å². The van der Waals surface area contributed by atoms with E-state index in [1.807, 2.05) is 33.3 Å². The number of hydrogen-bond acceptors (Lipinski definition) is 12. The Morgan fingerprint density at radius 2 is 1.22 bits per heavy atom. The number of nitrogens with zero attached hydrogens (tertiary/aromatic N) is 6. The zero-order valence-electron chi connectivity index (χ0n) is 43.6. The van der Waals surface area contributed by atoms with Gasteiger partial charge in [-0.2, -0.15) is 0 Å². The molecule has 2 aromatic heterocycles. The second-order valence-corrected chi connectivity index (χ2v) is 23.3. The number of piperazine rings is 2. The van der Waals surface area contributed by atoms with Crippen molar-refractivity contribution in [1.82, 2.24) is 30.1 Å². The Kier molecular flexibility index (Phi) is 21.9.